The lowest BCUT2D eigenvalue weighted by Gasteiger charge is -2.20. The van der Waals surface area contributed by atoms with Gasteiger partial charge in [0, 0.05) is 12.4 Å². The largest absolute Gasteiger partial charge is 0.472 e. The highest BCUT2D eigenvalue weighted by molar-refractivity contribution is 7.92. The molecule has 0 amide bonds. The monoisotopic (exact) mass is 535 g/mol. The molecule has 38 heavy (non-hydrogen) atoms. The molecular weight excluding hydrogens is 506 g/mol. The molecule has 2 heterocycles. The van der Waals surface area contributed by atoms with E-state index >= 15 is 0 Å². The lowest BCUT2D eigenvalue weighted by Crippen LogP contribution is -2.17. The van der Waals surface area contributed by atoms with Crippen molar-refractivity contribution < 1.29 is 23.0 Å². The van der Waals surface area contributed by atoms with Crippen LogP contribution in [0.5, 0.6) is 17.4 Å². The zero-order valence-corrected chi connectivity index (χ0v) is 22.4. The number of aromatic nitrogens is 4. The summed E-state index contributed by atoms with van der Waals surface area (Å²) in [5.41, 5.74) is 1.65. The van der Waals surface area contributed by atoms with E-state index in [1.54, 1.807) is 30.3 Å². The number of sulfonamides is 1. The summed E-state index contributed by atoms with van der Waals surface area (Å²) in [6, 6.07) is 15.5. The number of benzene rings is 2. The maximum absolute atomic E-state index is 13.5. The van der Waals surface area contributed by atoms with E-state index in [9.17, 15) is 13.5 Å². The fraction of sp³-hybridized carbons (Fsp3) is 0.259. The minimum atomic E-state index is -4.10. The van der Waals surface area contributed by atoms with E-state index in [0.29, 0.717) is 5.75 Å². The summed E-state index contributed by atoms with van der Waals surface area (Å²) in [5, 5.41) is 9.38. The van der Waals surface area contributed by atoms with Crippen molar-refractivity contribution in [3.05, 3.63) is 78.1 Å². The predicted octanol–water partition coefficient (Wildman–Crippen LogP) is 4.50. The van der Waals surface area contributed by atoms with Crippen LogP contribution in [0.3, 0.4) is 0 Å². The quantitative estimate of drug-likeness (QED) is 0.317. The molecule has 4 rings (SSSR count). The molecule has 11 heteroatoms. The first-order valence-corrected chi connectivity index (χ1v) is 13.4. The number of rotatable bonds is 9. The van der Waals surface area contributed by atoms with Gasteiger partial charge in [-0.3, -0.25) is 4.72 Å². The minimum absolute atomic E-state index is 0.0106. The summed E-state index contributed by atoms with van der Waals surface area (Å²) in [4.78, 5) is 17.2. The number of aliphatic hydroxyl groups excluding tert-OH is 1. The van der Waals surface area contributed by atoms with Crippen LogP contribution in [0.4, 0.5) is 5.82 Å². The molecule has 2 aromatic heterocycles. The fourth-order valence-electron chi connectivity index (χ4n) is 3.45. The summed E-state index contributed by atoms with van der Waals surface area (Å²) in [6.45, 7) is 7.57. The van der Waals surface area contributed by atoms with Crippen molar-refractivity contribution >= 4 is 15.8 Å². The summed E-state index contributed by atoms with van der Waals surface area (Å²) in [5.74, 6) is 0.292. The third-order valence-electron chi connectivity index (χ3n) is 5.50. The molecule has 0 fully saturated rings. The highest BCUT2D eigenvalue weighted by atomic mass is 32.2. The zero-order valence-electron chi connectivity index (χ0n) is 21.5. The summed E-state index contributed by atoms with van der Waals surface area (Å²) in [6.07, 6.45) is 3.02. The molecule has 0 saturated heterocycles. The van der Waals surface area contributed by atoms with E-state index in [2.05, 4.69) is 24.7 Å². The Kier molecular flexibility index (Phi) is 7.88. The van der Waals surface area contributed by atoms with E-state index in [1.807, 2.05) is 39.8 Å². The second-order valence-corrected chi connectivity index (χ2v) is 11.1. The minimum Gasteiger partial charge on any atom is -0.472 e. The molecule has 0 bridgehead atoms. The maximum atomic E-state index is 13.5. The molecule has 2 aromatic carbocycles. The number of para-hydroxylation sites is 1. The van der Waals surface area contributed by atoms with Crippen LogP contribution in [0.15, 0.2) is 71.9 Å². The predicted molar refractivity (Wildman–Crippen MR) is 143 cm³/mol. The van der Waals surface area contributed by atoms with Crippen molar-refractivity contribution in [3.63, 3.8) is 0 Å². The zero-order chi connectivity index (χ0) is 27.3. The normalized spacial score (nSPS) is 11.7. The Morgan fingerprint density at radius 2 is 1.61 bits per heavy atom. The Balaban J connectivity index is 1.84. The molecule has 0 aliphatic carbocycles. The third-order valence-corrected chi connectivity index (χ3v) is 6.85. The van der Waals surface area contributed by atoms with Gasteiger partial charge in [-0.2, -0.15) is 4.98 Å². The Morgan fingerprint density at radius 3 is 2.24 bits per heavy atom. The van der Waals surface area contributed by atoms with E-state index in [4.69, 9.17) is 9.47 Å². The van der Waals surface area contributed by atoms with Crippen LogP contribution in [-0.4, -0.2) is 46.7 Å². The van der Waals surface area contributed by atoms with Gasteiger partial charge >= 0.3 is 0 Å². The number of nitrogens with one attached hydrogen (secondary N) is 1. The van der Waals surface area contributed by atoms with Gasteiger partial charge in [0.15, 0.2) is 11.6 Å². The topological polar surface area (TPSA) is 136 Å². The molecule has 0 radical (unpaired) electrons. The molecule has 0 unspecified atom stereocenters. The SMILES string of the molecule is Cc1ccccc1Oc1c(NS(=O)(=O)c2ccc(C(C)(C)C)cc2)nc(-c2ncccn2)nc1OCCO. The maximum Gasteiger partial charge on any atom is 0.263 e. The van der Waals surface area contributed by atoms with Crippen LogP contribution in [0.2, 0.25) is 0 Å². The average Bonchev–Trinajstić information content (AvgIpc) is 2.89. The van der Waals surface area contributed by atoms with Gasteiger partial charge in [-0.15, -0.1) is 0 Å². The lowest BCUT2D eigenvalue weighted by atomic mass is 9.87. The van der Waals surface area contributed by atoms with E-state index in [0.717, 1.165) is 11.1 Å². The van der Waals surface area contributed by atoms with Gasteiger partial charge in [0.05, 0.1) is 11.5 Å². The summed E-state index contributed by atoms with van der Waals surface area (Å²) < 4.78 is 41.2. The molecule has 10 nitrogen and oxygen atoms in total. The highest BCUT2D eigenvalue weighted by Crippen LogP contribution is 2.39. The van der Waals surface area contributed by atoms with Crippen LogP contribution in [-0.2, 0) is 15.4 Å². The Bertz CT molecular complexity index is 1510. The van der Waals surface area contributed by atoms with Gasteiger partial charge in [0.25, 0.3) is 15.9 Å². The van der Waals surface area contributed by atoms with Crippen LogP contribution in [0, 0.1) is 6.92 Å². The Morgan fingerprint density at radius 1 is 0.921 bits per heavy atom. The Labute approximate surface area is 221 Å². The van der Waals surface area contributed by atoms with E-state index < -0.39 is 10.0 Å². The third kappa shape index (κ3) is 6.24. The summed E-state index contributed by atoms with van der Waals surface area (Å²) in [7, 11) is -4.10. The van der Waals surface area contributed by atoms with Gasteiger partial charge in [0.1, 0.15) is 12.4 Å². The van der Waals surface area contributed by atoms with Crippen molar-refractivity contribution in [2.45, 2.75) is 38.0 Å². The Hall–Kier alpha value is -4.09. The van der Waals surface area contributed by atoms with Gasteiger partial charge in [-0.05, 0) is 47.7 Å². The molecule has 0 atom stereocenters. The van der Waals surface area contributed by atoms with Crippen LogP contribution < -0.4 is 14.2 Å². The molecule has 0 aliphatic heterocycles. The second-order valence-electron chi connectivity index (χ2n) is 9.42. The average molecular weight is 536 g/mol. The first-order valence-electron chi connectivity index (χ1n) is 11.9. The number of hydrogen-bond acceptors (Lipinski definition) is 9. The molecule has 0 saturated carbocycles. The van der Waals surface area contributed by atoms with Crippen molar-refractivity contribution in [2.24, 2.45) is 0 Å². The first kappa shape index (κ1) is 27.0. The number of hydrogen-bond donors (Lipinski definition) is 2. The van der Waals surface area contributed by atoms with Gasteiger partial charge < -0.3 is 14.6 Å². The lowest BCUT2D eigenvalue weighted by molar-refractivity contribution is 0.192. The highest BCUT2D eigenvalue weighted by Gasteiger charge is 2.26. The fourth-order valence-corrected chi connectivity index (χ4v) is 4.45. The van der Waals surface area contributed by atoms with Crippen molar-refractivity contribution in [3.8, 4) is 29.0 Å². The van der Waals surface area contributed by atoms with E-state index in [1.165, 1.54) is 24.5 Å². The molecule has 4 aromatic rings. The molecule has 198 valence electrons. The molecule has 0 spiro atoms. The van der Waals surface area contributed by atoms with E-state index in [-0.39, 0.29) is 52.6 Å². The molecule has 0 aliphatic rings. The molecule has 2 N–H and O–H groups in total. The smallest absolute Gasteiger partial charge is 0.263 e. The van der Waals surface area contributed by atoms with Crippen LogP contribution in [0.1, 0.15) is 31.9 Å². The number of ether oxygens (including phenoxy) is 2. The van der Waals surface area contributed by atoms with Gasteiger partial charge in [-0.25, -0.2) is 23.4 Å². The van der Waals surface area contributed by atoms with Gasteiger partial charge in [-0.1, -0.05) is 51.1 Å². The van der Waals surface area contributed by atoms with Crippen LogP contribution in [0.25, 0.3) is 11.6 Å². The molecular formula is C27H29N5O5S. The second kappa shape index (κ2) is 11.1. The standard InChI is InChI=1S/C27H29N5O5S/c1-18-8-5-6-9-21(18)37-22-23(32-38(34,35)20-12-10-19(11-13-20)27(2,3)4)30-25(24-28-14-7-15-29-24)31-26(22)36-17-16-33/h5-15,33H,16-17H2,1-4H3,(H,30,31,32). The first-order chi connectivity index (χ1) is 18.1. The van der Waals surface area contributed by atoms with Crippen molar-refractivity contribution in [1.82, 2.24) is 19.9 Å². The van der Waals surface area contributed by atoms with Crippen LogP contribution >= 0.6 is 0 Å². The van der Waals surface area contributed by atoms with Crippen molar-refractivity contribution in [1.29, 1.82) is 0 Å². The van der Waals surface area contributed by atoms with Gasteiger partial charge in [0.2, 0.25) is 11.6 Å². The number of aliphatic hydroxyl groups is 1. The number of anilines is 1. The number of aryl methyl sites for hydroxylation is 1. The van der Waals surface area contributed by atoms with Crippen molar-refractivity contribution in [2.75, 3.05) is 17.9 Å². The summed E-state index contributed by atoms with van der Waals surface area (Å²) >= 11 is 0. The number of nitrogens with zero attached hydrogens (tertiary/aromatic N) is 4.